The zero-order valence-electron chi connectivity index (χ0n) is 8.61. The molecule has 6 heteroatoms. The van der Waals surface area contributed by atoms with Gasteiger partial charge in [-0.1, -0.05) is 12.8 Å². The van der Waals surface area contributed by atoms with Crippen LogP contribution in [0.2, 0.25) is 0 Å². The van der Waals surface area contributed by atoms with Crippen molar-refractivity contribution in [2.75, 3.05) is 0 Å². The van der Waals surface area contributed by atoms with Gasteiger partial charge in [-0.05, 0) is 35.4 Å². The van der Waals surface area contributed by atoms with Gasteiger partial charge in [0.2, 0.25) is 0 Å². The van der Waals surface area contributed by atoms with Crippen molar-refractivity contribution < 1.29 is 0 Å². The van der Waals surface area contributed by atoms with Gasteiger partial charge >= 0.3 is 0 Å². The van der Waals surface area contributed by atoms with Gasteiger partial charge in [0, 0.05) is 5.92 Å². The van der Waals surface area contributed by atoms with Crippen molar-refractivity contribution in [1.82, 2.24) is 19.6 Å². The van der Waals surface area contributed by atoms with Gasteiger partial charge < -0.3 is 4.98 Å². The van der Waals surface area contributed by atoms with Crippen LogP contribution < -0.4 is 5.56 Å². The minimum absolute atomic E-state index is 0.115. The molecule has 1 aliphatic rings. The monoisotopic (exact) mass is 330 g/mol. The van der Waals surface area contributed by atoms with E-state index >= 15 is 0 Å². The largest absolute Gasteiger partial charge is 0.310 e. The van der Waals surface area contributed by atoms with Crippen molar-refractivity contribution in [3.05, 3.63) is 26.2 Å². The fraction of sp³-hybridized carbons (Fsp3) is 0.500. The Morgan fingerprint density at radius 2 is 2.19 bits per heavy atom. The number of halogens is 1. The molecule has 0 aliphatic heterocycles. The van der Waals surface area contributed by atoms with Crippen molar-refractivity contribution in [1.29, 1.82) is 0 Å². The first kappa shape index (κ1) is 10.2. The number of fused-ring (bicyclic) bond motifs is 1. The quantitative estimate of drug-likeness (QED) is 0.809. The lowest BCUT2D eigenvalue weighted by Crippen LogP contribution is -2.13. The summed E-state index contributed by atoms with van der Waals surface area (Å²) < 4.78 is 2.45. The second-order valence-corrected chi connectivity index (χ2v) is 5.14. The van der Waals surface area contributed by atoms with Crippen LogP contribution in [0, 0.1) is 3.70 Å². The van der Waals surface area contributed by atoms with E-state index in [1.165, 1.54) is 19.2 Å². The lowest BCUT2D eigenvalue weighted by Gasteiger charge is -2.05. The second kappa shape index (κ2) is 3.83. The summed E-state index contributed by atoms with van der Waals surface area (Å²) in [7, 11) is 0. The Labute approximate surface area is 105 Å². The number of nitrogens with zero attached hydrogens (tertiary/aromatic N) is 3. The molecule has 1 aliphatic carbocycles. The molecule has 0 aromatic carbocycles. The standard InChI is InChI=1S/C10H11IN4O/c11-8-7-10(16)12-5-13-15(7)9(14-8)6-3-1-2-4-6/h5-6H,1-4H2,(H,12,13,16). The molecule has 0 unspecified atom stereocenters. The van der Waals surface area contributed by atoms with Crippen LogP contribution in [0.4, 0.5) is 0 Å². The average molecular weight is 330 g/mol. The summed E-state index contributed by atoms with van der Waals surface area (Å²) in [5.74, 6) is 1.41. The zero-order valence-corrected chi connectivity index (χ0v) is 10.8. The molecule has 2 heterocycles. The summed E-state index contributed by atoms with van der Waals surface area (Å²) in [6.07, 6.45) is 6.25. The third-order valence-electron chi connectivity index (χ3n) is 3.14. The van der Waals surface area contributed by atoms with E-state index in [0.717, 1.165) is 22.4 Å². The van der Waals surface area contributed by atoms with E-state index in [1.807, 2.05) is 0 Å². The minimum atomic E-state index is -0.115. The van der Waals surface area contributed by atoms with Gasteiger partial charge in [0.05, 0.1) is 0 Å². The van der Waals surface area contributed by atoms with Crippen molar-refractivity contribution in [2.45, 2.75) is 31.6 Å². The van der Waals surface area contributed by atoms with E-state index < -0.39 is 0 Å². The molecule has 1 fully saturated rings. The first-order valence-electron chi connectivity index (χ1n) is 5.39. The third-order valence-corrected chi connectivity index (χ3v) is 3.89. The molecule has 1 N–H and O–H groups in total. The maximum Gasteiger partial charge on any atom is 0.277 e. The lowest BCUT2D eigenvalue weighted by molar-refractivity contribution is 0.639. The first-order chi connectivity index (χ1) is 7.77. The minimum Gasteiger partial charge on any atom is -0.310 e. The van der Waals surface area contributed by atoms with Crippen LogP contribution in [0.25, 0.3) is 5.52 Å². The van der Waals surface area contributed by atoms with Gasteiger partial charge in [0.25, 0.3) is 5.56 Å². The highest BCUT2D eigenvalue weighted by atomic mass is 127. The number of imidazole rings is 1. The van der Waals surface area contributed by atoms with Gasteiger partial charge in [0.1, 0.15) is 15.9 Å². The van der Waals surface area contributed by atoms with Gasteiger partial charge in [-0.3, -0.25) is 4.79 Å². The smallest absolute Gasteiger partial charge is 0.277 e. The van der Waals surface area contributed by atoms with Crippen molar-refractivity contribution >= 4 is 28.1 Å². The molecule has 2 aromatic heterocycles. The Hall–Kier alpha value is -0.920. The molecule has 0 atom stereocenters. The highest BCUT2D eigenvalue weighted by Gasteiger charge is 2.24. The Morgan fingerprint density at radius 3 is 2.94 bits per heavy atom. The molecule has 0 spiro atoms. The molecule has 0 bridgehead atoms. The van der Waals surface area contributed by atoms with E-state index in [0.29, 0.717) is 11.4 Å². The summed E-state index contributed by atoms with van der Waals surface area (Å²) in [4.78, 5) is 18.8. The molecule has 0 saturated heterocycles. The predicted octanol–water partition coefficient (Wildman–Crippen LogP) is 1.68. The lowest BCUT2D eigenvalue weighted by atomic mass is 10.1. The van der Waals surface area contributed by atoms with Crippen LogP contribution in [-0.2, 0) is 0 Å². The highest BCUT2D eigenvalue weighted by molar-refractivity contribution is 14.1. The highest BCUT2D eigenvalue weighted by Crippen LogP contribution is 2.33. The van der Waals surface area contributed by atoms with Crippen LogP contribution in [0.3, 0.4) is 0 Å². The van der Waals surface area contributed by atoms with Gasteiger partial charge in [-0.2, -0.15) is 5.10 Å². The van der Waals surface area contributed by atoms with Gasteiger partial charge in [0.15, 0.2) is 5.52 Å². The molecule has 2 aromatic rings. The molecule has 16 heavy (non-hydrogen) atoms. The summed E-state index contributed by atoms with van der Waals surface area (Å²) >= 11 is 2.10. The van der Waals surface area contributed by atoms with Crippen LogP contribution in [0.5, 0.6) is 0 Å². The summed E-state index contributed by atoms with van der Waals surface area (Å²) in [6.45, 7) is 0. The molecular formula is C10H11IN4O. The van der Waals surface area contributed by atoms with E-state index in [4.69, 9.17) is 0 Å². The first-order valence-corrected chi connectivity index (χ1v) is 6.47. The van der Waals surface area contributed by atoms with Crippen LogP contribution in [0.1, 0.15) is 37.4 Å². The average Bonchev–Trinajstić information content (AvgIpc) is 2.86. The van der Waals surface area contributed by atoms with E-state index in [-0.39, 0.29) is 5.56 Å². The predicted molar refractivity (Wildman–Crippen MR) is 67.5 cm³/mol. The van der Waals surface area contributed by atoms with E-state index in [9.17, 15) is 4.79 Å². The van der Waals surface area contributed by atoms with Gasteiger partial charge in [-0.25, -0.2) is 9.50 Å². The summed E-state index contributed by atoms with van der Waals surface area (Å²) in [5.41, 5.74) is 0.459. The fourth-order valence-electron chi connectivity index (χ4n) is 2.37. The topological polar surface area (TPSA) is 63.0 Å². The Kier molecular flexibility index (Phi) is 2.45. The molecule has 1 saturated carbocycles. The number of nitrogens with one attached hydrogen (secondary N) is 1. The van der Waals surface area contributed by atoms with Crippen LogP contribution >= 0.6 is 22.6 Å². The number of hydrogen-bond donors (Lipinski definition) is 1. The SMILES string of the molecule is O=c1[nH]cnn2c(C3CCCC3)nc(I)c12. The molecule has 84 valence electrons. The Balaban J connectivity index is 2.26. The normalized spacial score (nSPS) is 17.3. The number of H-pyrrole nitrogens is 1. The zero-order chi connectivity index (χ0) is 11.1. The van der Waals surface area contributed by atoms with Crippen LogP contribution in [0.15, 0.2) is 11.1 Å². The van der Waals surface area contributed by atoms with Crippen molar-refractivity contribution in [2.24, 2.45) is 0 Å². The molecule has 3 rings (SSSR count). The van der Waals surface area contributed by atoms with E-state index in [1.54, 1.807) is 4.52 Å². The van der Waals surface area contributed by atoms with E-state index in [2.05, 4.69) is 37.7 Å². The number of aromatic nitrogens is 4. The summed E-state index contributed by atoms with van der Waals surface area (Å²) in [6, 6.07) is 0. The molecule has 0 amide bonds. The molecule has 5 nitrogen and oxygen atoms in total. The summed E-state index contributed by atoms with van der Waals surface area (Å²) in [5, 5.41) is 4.20. The second-order valence-electron chi connectivity index (χ2n) is 4.12. The number of rotatable bonds is 1. The van der Waals surface area contributed by atoms with Crippen molar-refractivity contribution in [3.63, 3.8) is 0 Å². The third kappa shape index (κ3) is 1.47. The van der Waals surface area contributed by atoms with Gasteiger partial charge in [-0.15, -0.1) is 0 Å². The van der Waals surface area contributed by atoms with Crippen LogP contribution in [-0.4, -0.2) is 19.6 Å². The molecular weight excluding hydrogens is 319 g/mol. The number of hydrogen-bond acceptors (Lipinski definition) is 3. The Bertz CT molecular complexity index is 582. The van der Waals surface area contributed by atoms with Crippen molar-refractivity contribution in [3.8, 4) is 0 Å². The Morgan fingerprint density at radius 1 is 1.44 bits per heavy atom. The number of aromatic amines is 1. The maximum atomic E-state index is 11.7. The molecule has 0 radical (unpaired) electrons. The fourth-order valence-corrected chi connectivity index (χ4v) is 3.09. The maximum absolute atomic E-state index is 11.7.